The van der Waals surface area contributed by atoms with Crippen molar-refractivity contribution in [3.63, 3.8) is 0 Å². The van der Waals surface area contributed by atoms with Crippen molar-refractivity contribution in [1.29, 1.82) is 0 Å². The third-order valence-electron chi connectivity index (χ3n) is 5.74. The van der Waals surface area contributed by atoms with Crippen LogP contribution < -0.4 is 21.7 Å². The number of likely N-dealkylation sites (tertiary alicyclic amines) is 1. The lowest BCUT2D eigenvalue weighted by molar-refractivity contribution is -0.143. The van der Waals surface area contributed by atoms with Gasteiger partial charge in [-0.15, -0.1) is 0 Å². The van der Waals surface area contributed by atoms with Crippen LogP contribution in [0.4, 0.5) is 0 Å². The van der Waals surface area contributed by atoms with E-state index in [9.17, 15) is 24.0 Å². The Balaban J connectivity index is 2.98. The molecule has 194 valence electrons. The van der Waals surface area contributed by atoms with Crippen LogP contribution in [-0.2, 0) is 24.0 Å². The summed E-state index contributed by atoms with van der Waals surface area (Å²) in [6, 6.07) is -3.14. The molecule has 0 unspecified atom stereocenters. The van der Waals surface area contributed by atoms with Gasteiger partial charge in [0.1, 0.15) is 24.2 Å². The Hall–Kier alpha value is -2.30. The lowest BCUT2D eigenvalue weighted by Crippen LogP contribution is -2.58. The van der Waals surface area contributed by atoms with E-state index in [2.05, 4.69) is 16.0 Å². The number of nitrogens with one attached hydrogen (secondary N) is 3. The average Bonchev–Trinajstić information content (AvgIpc) is 3.23. The first-order chi connectivity index (χ1) is 15.9. The van der Waals surface area contributed by atoms with E-state index in [1.807, 2.05) is 34.0 Å². The van der Waals surface area contributed by atoms with E-state index in [1.165, 1.54) is 23.6 Å². The summed E-state index contributed by atoms with van der Waals surface area (Å²) in [6.45, 7) is 9.26. The zero-order valence-corrected chi connectivity index (χ0v) is 22.0. The number of amides is 5. The Kier molecular flexibility index (Phi) is 12.4. The van der Waals surface area contributed by atoms with Crippen molar-refractivity contribution in [2.45, 2.75) is 84.5 Å². The van der Waals surface area contributed by atoms with Gasteiger partial charge in [0.05, 0.1) is 0 Å². The quantitative estimate of drug-likeness (QED) is 0.288. The van der Waals surface area contributed by atoms with Crippen LogP contribution in [0.1, 0.15) is 60.3 Å². The van der Waals surface area contributed by atoms with Gasteiger partial charge in [-0.2, -0.15) is 11.8 Å². The Morgan fingerprint density at radius 2 is 1.68 bits per heavy atom. The molecule has 5 amide bonds. The molecule has 1 fully saturated rings. The molecule has 1 heterocycles. The molecule has 0 saturated carbocycles. The third-order valence-corrected chi connectivity index (χ3v) is 6.38. The SMILES string of the molecule is CSCC[C@H](NC(=O)[C@@H]1CCCN1C(=O)[C@@H](NC(C)=O)C(C)C)C(=O)N[C@@H](CC(C)C)C(N)=O. The van der Waals surface area contributed by atoms with Gasteiger partial charge >= 0.3 is 0 Å². The normalized spacial score (nSPS) is 18.4. The van der Waals surface area contributed by atoms with Crippen LogP contribution in [0.5, 0.6) is 0 Å². The number of carbonyl (C=O) groups is 5. The fourth-order valence-electron chi connectivity index (χ4n) is 3.98. The molecule has 1 aliphatic heterocycles. The van der Waals surface area contributed by atoms with Gasteiger partial charge in [-0.25, -0.2) is 0 Å². The maximum Gasteiger partial charge on any atom is 0.246 e. The van der Waals surface area contributed by atoms with Crippen molar-refractivity contribution in [2.75, 3.05) is 18.6 Å². The molecule has 5 N–H and O–H groups in total. The zero-order valence-electron chi connectivity index (χ0n) is 21.2. The maximum absolute atomic E-state index is 13.2. The molecule has 0 bridgehead atoms. The number of thioether (sulfide) groups is 1. The minimum absolute atomic E-state index is 0.146. The second kappa shape index (κ2) is 14.2. The third kappa shape index (κ3) is 9.15. The molecule has 0 aromatic carbocycles. The van der Waals surface area contributed by atoms with Gasteiger partial charge in [-0.1, -0.05) is 27.7 Å². The largest absolute Gasteiger partial charge is 0.368 e. The Labute approximate surface area is 206 Å². The minimum atomic E-state index is -0.859. The fourth-order valence-corrected chi connectivity index (χ4v) is 4.45. The molecule has 0 aromatic heterocycles. The summed E-state index contributed by atoms with van der Waals surface area (Å²) in [4.78, 5) is 64.1. The van der Waals surface area contributed by atoms with Crippen LogP contribution in [0, 0.1) is 11.8 Å². The number of primary amides is 1. The Morgan fingerprint density at radius 1 is 1.03 bits per heavy atom. The second-order valence-corrected chi connectivity index (χ2v) is 10.5. The number of nitrogens with two attached hydrogens (primary N) is 1. The molecule has 0 aliphatic carbocycles. The standard InChI is InChI=1S/C23H41N5O5S/c1-13(2)12-17(20(24)30)27-21(31)16(9-11-34-6)26-22(32)18-8-7-10-28(18)23(33)19(14(3)4)25-15(5)29/h13-14,16-19H,7-12H2,1-6H3,(H2,24,30)(H,25,29)(H,26,32)(H,27,31)/t16-,17-,18-,19-/m0/s1. The first kappa shape index (κ1) is 29.7. The number of rotatable bonds is 13. The molecule has 0 spiro atoms. The highest BCUT2D eigenvalue weighted by Crippen LogP contribution is 2.21. The van der Waals surface area contributed by atoms with Gasteiger partial charge in [-0.05, 0) is 49.5 Å². The molecule has 1 aliphatic rings. The van der Waals surface area contributed by atoms with Gasteiger partial charge in [0.15, 0.2) is 0 Å². The maximum atomic E-state index is 13.2. The predicted molar refractivity (Wildman–Crippen MR) is 133 cm³/mol. The molecule has 34 heavy (non-hydrogen) atoms. The predicted octanol–water partition coefficient (Wildman–Crippen LogP) is 0.392. The van der Waals surface area contributed by atoms with E-state index < -0.39 is 41.9 Å². The molecule has 4 atom stereocenters. The van der Waals surface area contributed by atoms with Crippen LogP contribution in [0.3, 0.4) is 0 Å². The highest BCUT2D eigenvalue weighted by Gasteiger charge is 2.39. The van der Waals surface area contributed by atoms with E-state index in [0.717, 1.165) is 0 Å². The van der Waals surface area contributed by atoms with Crippen LogP contribution in [-0.4, -0.2) is 77.2 Å². The minimum Gasteiger partial charge on any atom is -0.368 e. The summed E-state index contributed by atoms with van der Waals surface area (Å²) in [6.07, 6.45) is 3.78. The van der Waals surface area contributed by atoms with Crippen LogP contribution in [0.25, 0.3) is 0 Å². The van der Waals surface area contributed by atoms with Gasteiger partial charge in [0.25, 0.3) is 0 Å². The second-order valence-electron chi connectivity index (χ2n) is 9.55. The monoisotopic (exact) mass is 499 g/mol. The first-order valence-electron chi connectivity index (χ1n) is 11.9. The molecule has 11 heteroatoms. The van der Waals surface area contributed by atoms with E-state index >= 15 is 0 Å². The molecular formula is C23H41N5O5S. The van der Waals surface area contributed by atoms with E-state index in [4.69, 9.17) is 5.73 Å². The number of hydrogen-bond acceptors (Lipinski definition) is 6. The lowest BCUT2D eigenvalue weighted by atomic mass is 10.0. The van der Waals surface area contributed by atoms with Crippen molar-refractivity contribution < 1.29 is 24.0 Å². The van der Waals surface area contributed by atoms with Crippen LogP contribution >= 0.6 is 11.8 Å². The topological polar surface area (TPSA) is 151 Å². The summed E-state index contributed by atoms with van der Waals surface area (Å²) in [5, 5.41) is 8.14. The summed E-state index contributed by atoms with van der Waals surface area (Å²) >= 11 is 1.53. The van der Waals surface area contributed by atoms with E-state index in [0.29, 0.717) is 38.0 Å². The number of hydrogen-bond donors (Lipinski definition) is 4. The fraction of sp³-hybridized carbons (Fsp3) is 0.783. The molecule has 1 rings (SSSR count). The molecule has 0 radical (unpaired) electrons. The van der Waals surface area contributed by atoms with Crippen molar-refractivity contribution in [2.24, 2.45) is 17.6 Å². The number of nitrogens with zero attached hydrogens (tertiary/aromatic N) is 1. The summed E-state index contributed by atoms with van der Waals surface area (Å²) in [7, 11) is 0. The Bertz CT molecular complexity index is 745. The van der Waals surface area contributed by atoms with Crippen molar-refractivity contribution in [3.05, 3.63) is 0 Å². The van der Waals surface area contributed by atoms with Gasteiger partial charge in [0, 0.05) is 13.5 Å². The van der Waals surface area contributed by atoms with Crippen molar-refractivity contribution in [3.8, 4) is 0 Å². The average molecular weight is 500 g/mol. The van der Waals surface area contributed by atoms with Crippen LogP contribution in [0.2, 0.25) is 0 Å². The Morgan fingerprint density at radius 3 is 2.18 bits per heavy atom. The summed E-state index contributed by atoms with van der Waals surface area (Å²) in [5.41, 5.74) is 5.45. The lowest BCUT2D eigenvalue weighted by Gasteiger charge is -2.31. The van der Waals surface area contributed by atoms with Crippen molar-refractivity contribution >= 4 is 41.3 Å². The molecule has 1 saturated heterocycles. The molecular weight excluding hydrogens is 458 g/mol. The molecule has 10 nitrogen and oxygen atoms in total. The van der Waals surface area contributed by atoms with E-state index in [1.54, 1.807) is 0 Å². The molecule has 0 aromatic rings. The van der Waals surface area contributed by atoms with Gasteiger partial charge in [0.2, 0.25) is 29.5 Å². The zero-order chi connectivity index (χ0) is 26.0. The summed E-state index contributed by atoms with van der Waals surface area (Å²) < 4.78 is 0. The van der Waals surface area contributed by atoms with E-state index in [-0.39, 0.29) is 23.7 Å². The van der Waals surface area contributed by atoms with Crippen molar-refractivity contribution in [1.82, 2.24) is 20.9 Å². The van der Waals surface area contributed by atoms with Gasteiger partial charge in [-0.3, -0.25) is 24.0 Å². The van der Waals surface area contributed by atoms with Gasteiger partial charge < -0.3 is 26.6 Å². The number of carbonyl (C=O) groups excluding carboxylic acids is 5. The van der Waals surface area contributed by atoms with Crippen LogP contribution in [0.15, 0.2) is 0 Å². The summed E-state index contributed by atoms with van der Waals surface area (Å²) in [5.74, 6) is -1.51. The smallest absolute Gasteiger partial charge is 0.246 e. The highest BCUT2D eigenvalue weighted by atomic mass is 32.2. The highest BCUT2D eigenvalue weighted by molar-refractivity contribution is 7.98. The first-order valence-corrected chi connectivity index (χ1v) is 13.2.